The molecule has 9 heteroatoms. The Kier molecular flexibility index (Phi) is 7.42. The quantitative estimate of drug-likeness (QED) is 0.276. The van der Waals surface area contributed by atoms with Crippen molar-refractivity contribution in [1.82, 2.24) is 15.7 Å². The van der Waals surface area contributed by atoms with E-state index in [2.05, 4.69) is 10.8 Å². The molecular weight excluding hydrogens is 294 g/mol. The van der Waals surface area contributed by atoms with Gasteiger partial charge in [0.25, 0.3) is 0 Å². The molecule has 4 N–H and O–H groups in total. The molecule has 0 aromatic rings. The third-order valence-corrected chi connectivity index (χ3v) is 3.29. The third kappa shape index (κ3) is 4.02. The highest BCUT2D eigenvalue weighted by atomic mass is 16.6. The maximum Gasteiger partial charge on any atom is 0.323 e. The number of allylic oxidation sites excluding steroid dienone is 1. The summed E-state index contributed by atoms with van der Waals surface area (Å²) in [6.45, 7) is 3.25. The minimum atomic E-state index is -0.906. The molecule has 0 unspecified atom stereocenters. The van der Waals surface area contributed by atoms with Gasteiger partial charge in [0.2, 0.25) is 0 Å². The van der Waals surface area contributed by atoms with Gasteiger partial charge in [0, 0.05) is 25.4 Å². The van der Waals surface area contributed by atoms with Gasteiger partial charge in [-0.1, -0.05) is 0 Å². The lowest BCUT2D eigenvalue weighted by Crippen LogP contribution is -2.51. The Bertz CT molecular complexity index is 417. The summed E-state index contributed by atoms with van der Waals surface area (Å²) in [5.74, 6) is 0. The zero-order valence-electron chi connectivity index (χ0n) is 12.9. The van der Waals surface area contributed by atoms with Crippen molar-refractivity contribution < 1.29 is 29.4 Å². The number of nitrogens with one attached hydrogen (secondary N) is 2. The van der Waals surface area contributed by atoms with E-state index < -0.39 is 30.5 Å². The van der Waals surface area contributed by atoms with Crippen LogP contribution in [0.1, 0.15) is 13.8 Å². The van der Waals surface area contributed by atoms with Gasteiger partial charge in [-0.15, -0.1) is 0 Å². The maximum absolute atomic E-state index is 12.1. The average Bonchev–Trinajstić information content (AvgIpc) is 2.89. The number of ether oxygens (including phenoxy) is 2. The first-order valence-corrected chi connectivity index (χ1v) is 6.95. The van der Waals surface area contributed by atoms with Crippen molar-refractivity contribution in [3.63, 3.8) is 0 Å². The Hall–Kier alpha value is -1.52. The second-order valence-electron chi connectivity index (χ2n) is 4.78. The Morgan fingerprint density at radius 1 is 1.50 bits per heavy atom. The molecule has 1 aliphatic rings. The Morgan fingerprint density at radius 3 is 2.64 bits per heavy atom. The smallest absolute Gasteiger partial charge is 0.323 e. The first kappa shape index (κ1) is 18.5. The zero-order chi connectivity index (χ0) is 16.7. The van der Waals surface area contributed by atoms with Crippen LogP contribution in [0.3, 0.4) is 0 Å². The lowest BCUT2D eigenvalue weighted by molar-refractivity contribution is -0.105. The van der Waals surface area contributed by atoms with Crippen LogP contribution in [0.4, 0.5) is 4.79 Å². The molecule has 0 spiro atoms. The first-order chi connectivity index (χ1) is 10.5. The Morgan fingerprint density at radius 2 is 2.18 bits per heavy atom. The standard InChI is InChI=1S/C13H23N3O6/c1-4-21-11-10(15-20)9(7-18)22-12(11)16(13(19)14-3)5-8(2)6-17/h5-6,9-12,15,18,20H,4,7H2,1-3H3,(H,14,19)/b8-5-/t9-,10-,11-,12-/m1/s1. The molecule has 0 aromatic heterocycles. The number of carbonyl (C=O) groups is 2. The molecule has 0 aliphatic carbocycles. The summed E-state index contributed by atoms with van der Waals surface area (Å²) in [5, 5.41) is 21.1. The van der Waals surface area contributed by atoms with Gasteiger partial charge in [-0.05, 0) is 13.8 Å². The SMILES string of the molecule is CCO[C@@H]1[C@H](NO)[C@@H](CO)O[C@H]1N(/C=C(/C)C=O)C(=O)NC. The molecule has 0 aromatic carbocycles. The van der Waals surface area contributed by atoms with Crippen molar-refractivity contribution in [3.8, 4) is 0 Å². The number of urea groups is 1. The molecule has 1 heterocycles. The molecule has 1 saturated heterocycles. The number of amides is 2. The molecule has 0 bridgehead atoms. The normalized spacial score (nSPS) is 28.5. The molecule has 126 valence electrons. The molecule has 0 saturated carbocycles. The summed E-state index contributed by atoms with van der Waals surface area (Å²) in [6.07, 6.45) is -0.455. The topological polar surface area (TPSA) is 120 Å². The van der Waals surface area contributed by atoms with Gasteiger partial charge in [0.15, 0.2) is 6.23 Å². The maximum atomic E-state index is 12.1. The highest BCUT2D eigenvalue weighted by molar-refractivity contribution is 5.78. The highest BCUT2D eigenvalue weighted by Crippen LogP contribution is 2.27. The number of nitrogens with zero attached hydrogens (tertiary/aromatic N) is 1. The number of aldehydes is 1. The molecule has 1 aliphatic heterocycles. The van der Waals surface area contributed by atoms with E-state index >= 15 is 0 Å². The van der Waals surface area contributed by atoms with Gasteiger partial charge < -0.3 is 25.1 Å². The molecular formula is C13H23N3O6. The van der Waals surface area contributed by atoms with Crippen LogP contribution in [-0.4, -0.2) is 72.3 Å². The van der Waals surface area contributed by atoms with Gasteiger partial charge in [-0.25, -0.2) is 4.79 Å². The van der Waals surface area contributed by atoms with Crippen molar-refractivity contribution in [1.29, 1.82) is 0 Å². The summed E-state index contributed by atoms with van der Waals surface area (Å²) in [5.41, 5.74) is 2.36. The number of aliphatic hydroxyl groups excluding tert-OH is 1. The molecule has 0 radical (unpaired) electrons. The van der Waals surface area contributed by atoms with Crippen molar-refractivity contribution in [2.24, 2.45) is 0 Å². The summed E-state index contributed by atoms with van der Waals surface area (Å²) in [4.78, 5) is 24.1. The van der Waals surface area contributed by atoms with E-state index in [0.29, 0.717) is 18.5 Å². The monoisotopic (exact) mass is 317 g/mol. The highest BCUT2D eigenvalue weighted by Gasteiger charge is 2.48. The van der Waals surface area contributed by atoms with Crippen molar-refractivity contribution in [3.05, 3.63) is 11.8 Å². The number of hydrogen-bond donors (Lipinski definition) is 4. The number of hydrogen-bond acceptors (Lipinski definition) is 7. The minimum Gasteiger partial charge on any atom is -0.394 e. The molecule has 4 atom stereocenters. The number of aliphatic hydroxyl groups is 1. The van der Waals surface area contributed by atoms with Crippen LogP contribution >= 0.6 is 0 Å². The predicted molar refractivity (Wildman–Crippen MR) is 76.0 cm³/mol. The van der Waals surface area contributed by atoms with E-state index in [9.17, 15) is 19.9 Å². The number of hydroxylamine groups is 1. The van der Waals surface area contributed by atoms with Gasteiger partial charge in [0.1, 0.15) is 18.5 Å². The van der Waals surface area contributed by atoms with Crippen molar-refractivity contribution >= 4 is 12.3 Å². The number of rotatable bonds is 7. The summed E-state index contributed by atoms with van der Waals surface area (Å²) >= 11 is 0. The van der Waals surface area contributed by atoms with Gasteiger partial charge >= 0.3 is 6.03 Å². The van der Waals surface area contributed by atoms with E-state index in [0.717, 1.165) is 0 Å². The second-order valence-corrected chi connectivity index (χ2v) is 4.78. The van der Waals surface area contributed by atoms with Crippen LogP contribution in [0, 0.1) is 0 Å². The number of carbonyl (C=O) groups excluding carboxylic acids is 2. The van der Waals surface area contributed by atoms with Crippen LogP contribution in [-0.2, 0) is 14.3 Å². The van der Waals surface area contributed by atoms with Crippen LogP contribution in [0.2, 0.25) is 0 Å². The fraction of sp³-hybridized carbons (Fsp3) is 0.692. The van der Waals surface area contributed by atoms with Crippen LogP contribution < -0.4 is 10.8 Å². The van der Waals surface area contributed by atoms with E-state index in [4.69, 9.17) is 9.47 Å². The third-order valence-electron chi connectivity index (χ3n) is 3.29. The summed E-state index contributed by atoms with van der Waals surface area (Å²) in [7, 11) is 1.44. The zero-order valence-corrected chi connectivity index (χ0v) is 12.9. The van der Waals surface area contributed by atoms with Crippen molar-refractivity contribution in [2.75, 3.05) is 20.3 Å². The van der Waals surface area contributed by atoms with E-state index in [-0.39, 0.29) is 6.61 Å². The summed E-state index contributed by atoms with van der Waals surface area (Å²) < 4.78 is 11.2. The van der Waals surface area contributed by atoms with E-state index in [1.54, 1.807) is 13.8 Å². The average molecular weight is 317 g/mol. The fourth-order valence-corrected chi connectivity index (χ4v) is 2.27. The van der Waals surface area contributed by atoms with Crippen LogP contribution in [0.5, 0.6) is 0 Å². The molecule has 1 rings (SSSR count). The lowest BCUT2D eigenvalue weighted by Gasteiger charge is -2.30. The largest absolute Gasteiger partial charge is 0.394 e. The Labute approximate surface area is 128 Å². The van der Waals surface area contributed by atoms with Gasteiger partial charge in [-0.2, -0.15) is 5.48 Å². The van der Waals surface area contributed by atoms with E-state index in [1.807, 2.05) is 0 Å². The molecule has 2 amide bonds. The molecule has 22 heavy (non-hydrogen) atoms. The first-order valence-electron chi connectivity index (χ1n) is 6.95. The van der Waals surface area contributed by atoms with Gasteiger partial charge in [0.05, 0.1) is 12.6 Å². The summed E-state index contributed by atoms with van der Waals surface area (Å²) in [6, 6.07) is -1.22. The minimum absolute atomic E-state index is 0.309. The molecule has 9 nitrogen and oxygen atoms in total. The second kappa shape index (κ2) is 8.81. The molecule has 1 fully saturated rings. The van der Waals surface area contributed by atoms with E-state index in [1.165, 1.54) is 18.1 Å². The van der Waals surface area contributed by atoms with Gasteiger partial charge in [-0.3, -0.25) is 9.69 Å². The fourth-order valence-electron chi connectivity index (χ4n) is 2.27. The van der Waals surface area contributed by atoms with Crippen LogP contribution in [0.25, 0.3) is 0 Å². The predicted octanol–water partition coefficient (Wildman–Crippen LogP) is -0.800. The van der Waals surface area contributed by atoms with Crippen LogP contribution in [0.15, 0.2) is 11.8 Å². The lowest BCUT2D eigenvalue weighted by atomic mass is 10.1. The Balaban J connectivity index is 3.14. The van der Waals surface area contributed by atoms with Crippen molar-refractivity contribution in [2.45, 2.75) is 38.3 Å².